The number of hydrogen-bond donors (Lipinski definition) is 0. The van der Waals surface area contributed by atoms with Crippen LogP contribution in [0.15, 0.2) is 23.1 Å². The Kier molecular flexibility index (Phi) is 7.93. The van der Waals surface area contributed by atoms with E-state index < -0.39 is 5.97 Å². The van der Waals surface area contributed by atoms with Crippen molar-refractivity contribution < 1.29 is 14.3 Å². The zero-order valence-corrected chi connectivity index (χ0v) is 14.2. The molecular weight excluding hydrogens is 333 g/mol. The number of amides is 1. The number of halogens is 2. The van der Waals surface area contributed by atoms with Gasteiger partial charge in [0.15, 0.2) is 0 Å². The fourth-order valence-corrected chi connectivity index (χ4v) is 3.00. The summed E-state index contributed by atoms with van der Waals surface area (Å²) in [6.07, 6.45) is 0.769. The summed E-state index contributed by atoms with van der Waals surface area (Å²) in [6.45, 7) is 2.42. The highest BCUT2D eigenvalue weighted by Crippen LogP contribution is 2.29. The third-order valence-corrected chi connectivity index (χ3v) is 4.36. The van der Waals surface area contributed by atoms with E-state index in [0.29, 0.717) is 16.6 Å². The minimum Gasteiger partial charge on any atom is -0.468 e. The van der Waals surface area contributed by atoms with Gasteiger partial charge >= 0.3 is 5.97 Å². The van der Waals surface area contributed by atoms with Gasteiger partial charge in [0.25, 0.3) is 0 Å². The van der Waals surface area contributed by atoms with Crippen molar-refractivity contribution >= 4 is 46.8 Å². The molecule has 0 bridgehead atoms. The Bertz CT molecular complexity index is 511. The number of methoxy groups -OCH3 is 1. The van der Waals surface area contributed by atoms with Crippen molar-refractivity contribution in [2.24, 2.45) is 0 Å². The van der Waals surface area contributed by atoms with Gasteiger partial charge in [0.2, 0.25) is 5.91 Å². The molecule has 7 heteroatoms. The molecule has 0 fully saturated rings. The van der Waals surface area contributed by atoms with Crippen molar-refractivity contribution in [2.45, 2.75) is 18.2 Å². The van der Waals surface area contributed by atoms with E-state index in [9.17, 15) is 9.59 Å². The molecule has 0 radical (unpaired) electrons. The van der Waals surface area contributed by atoms with Gasteiger partial charge in [-0.15, -0.1) is 11.8 Å². The molecule has 0 atom stereocenters. The van der Waals surface area contributed by atoms with E-state index in [1.165, 1.54) is 23.8 Å². The average molecular weight is 350 g/mol. The van der Waals surface area contributed by atoms with E-state index in [0.717, 1.165) is 11.3 Å². The van der Waals surface area contributed by atoms with E-state index in [1.807, 2.05) is 6.92 Å². The zero-order valence-electron chi connectivity index (χ0n) is 11.9. The van der Waals surface area contributed by atoms with Crippen molar-refractivity contribution in [2.75, 3.05) is 26.0 Å². The highest BCUT2D eigenvalue weighted by Gasteiger charge is 2.17. The van der Waals surface area contributed by atoms with Crippen LogP contribution >= 0.6 is 35.0 Å². The monoisotopic (exact) mass is 349 g/mol. The lowest BCUT2D eigenvalue weighted by Gasteiger charge is -2.20. The molecule has 0 unspecified atom stereocenters. The lowest BCUT2D eigenvalue weighted by Crippen LogP contribution is -2.37. The SMILES string of the molecule is CCCN(CC(=O)OC)C(=O)CSc1cc(Cl)ccc1Cl. The third kappa shape index (κ3) is 6.16. The van der Waals surface area contributed by atoms with Crippen LogP contribution in [-0.4, -0.2) is 42.7 Å². The van der Waals surface area contributed by atoms with Crippen LogP contribution in [0.2, 0.25) is 10.0 Å². The Hall–Kier alpha value is -0.910. The standard InChI is InChI=1S/C14H17Cl2NO3S/c1-3-6-17(8-14(19)20-2)13(18)9-21-12-7-10(15)4-5-11(12)16/h4-5,7H,3,6,8-9H2,1-2H3. The van der Waals surface area contributed by atoms with Gasteiger partial charge in [-0.05, 0) is 24.6 Å². The number of esters is 1. The van der Waals surface area contributed by atoms with Crippen LogP contribution in [0.25, 0.3) is 0 Å². The number of nitrogens with zero attached hydrogens (tertiary/aromatic N) is 1. The van der Waals surface area contributed by atoms with Gasteiger partial charge in [0.1, 0.15) is 6.54 Å². The van der Waals surface area contributed by atoms with Crippen LogP contribution < -0.4 is 0 Å². The Morgan fingerprint density at radius 2 is 2.05 bits per heavy atom. The molecule has 1 aromatic carbocycles. The summed E-state index contributed by atoms with van der Waals surface area (Å²) in [5.41, 5.74) is 0. The van der Waals surface area contributed by atoms with E-state index in [4.69, 9.17) is 23.2 Å². The van der Waals surface area contributed by atoms with Crippen LogP contribution in [0.3, 0.4) is 0 Å². The predicted molar refractivity (Wildman–Crippen MR) is 86.1 cm³/mol. The van der Waals surface area contributed by atoms with Crippen LogP contribution in [-0.2, 0) is 14.3 Å². The second kappa shape index (κ2) is 9.18. The smallest absolute Gasteiger partial charge is 0.325 e. The van der Waals surface area contributed by atoms with E-state index in [2.05, 4.69) is 4.74 Å². The predicted octanol–water partition coefficient (Wildman–Crippen LogP) is 3.50. The first-order chi connectivity index (χ1) is 9.97. The molecule has 116 valence electrons. The Morgan fingerprint density at radius 3 is 2.67 bits per heavy atom. The first-order valence-corrected chi connectivity index (χ1v) is 8.14. The highest BCUT2D eigenvalue weighted by molar-refractivity contribution is 8.00. The molecule has 1 amide bonds. The normalized spacial score (nSPS) is 10.3. The number of thioether (sulfide) groups is 1. The van der Waals surface area contributed by atoms with Crippen LogP contribution in [0.4, 0.5) is 0 Å². The molecule has 0 spiro atoms. The van der Waals surface area contributed by atoms with E-state index >= 15 is 0 Å². The topological polar surface area (TPSA) is 46.6 Å². The number of ether oxygens (including phenoxy) is 1. The van der Waals surface area contributed by atoms with Gasteiger partial charge in [-0.2, -0.15) is 0 Å². The minimum absolute atomic E-state index is 0.0347. The summed E-state index contributed by atoms with van der Waals surface area (Å²) in [5, 5.41) is 1.11. The van der Waals surface area contributed by atoms with Gasteiger partial charge in [0, 0.05) is 16.5 Å². The molecule has 0 heterocycles. The molecule has 0 aliphatic carbocycles. The first kappa shape index (κ1) is 18.1. The Labute approximate surface area is 138 Å². The van der Waals surface area contributed by atoms with Gasteiger partial charge in [-0.3, -0.25) is 9.59 Å². The number of carbonyl (C=O) groups is 2. The second-order valence-corrected chi connectivity index (χ2v) is 6.12. The molecule has 4 nitrogen and oxygen atoms in total. The molecule has 0 aliphatic rings. The number of carbonyl (C=O) groups excluding carboxylic acids is 2. The number of benzene rings is 1. The lowest BCUT2D eigenvalue weighted by atomic mass is 10.4. The number of rotatable bonds is 7. The summed E-state index contributed by atoms with van der Waals surface area (Å²) in [7, 11) is 1.30. The van der Waals surface area contributed by atoms with Gasteiger partial charge in [-0.1, -0.05) is 30.1 Å². The van der Waals surface area contributed by atoms with Gasteiger partial charge in [-0.25, -0.2) is 0 Å². The summed E-state index contributed by atoms with van der Waals surface area (Å²) < 4.78 is 4.60. The first-order valence-electron chi connectivity index (χ1n) is 6.40. The molecule has 0 aliphatic heterocycles. The molecule has 0 saturated heterocycles. The summed E-state index contributed by atoms with van der Waals surface area (Å²) >= 11 is 13.3. The quantitative estimate of drug-likeness (QED) is 0.558. The van der Waals surface area contributed by atoms with Crippen molar-refractivity contribution in [3.8, 4) is 0 Å². The van der Waals surface area contributed by atoms with Crippen molar-refractivity contribution in [3.05, 3.63) is 28.2 Å². The summed E-state index contributed by atoms with van der Waals surface area (Å²) in [4.78, 5) is 25.7. The molecular formula is C14H17Cl2NO3S. The molecule has 21 heavy (non-hydrogen) atoms. The van der Waals surface area contributed by atoms with Crippen LogP contribution in [0.5, 0.6) is 0 Å². The zero-order chi connectivity index (χ0) is 15.8. The Balaban J connectivity index is 2.64. The van der Waals surface area contributed by atoms with E-state index in [1.54, 1.807) is 18.2 Å². The van der Waals surface area contributed by atoms with Crippen LogP contribution in [0.1, 0.15) is 13.3 Å². The van der Waals surface area contributed by atoms with Gasteiger partial charge in [0.05, 0.1) is 17.9 Å². The fourth-order valence-electron chi connectivity index (χ4n) is 1.60. The maximum atomic E-state index is 12.2. The van der Waals surface area contributed by atoms with Crippen LogP contribution in [0, 0.1) is 0 Å². The minimum atomic E-state index is -0.428. The molecule has 1 aromatic rings. The Morgan fingerprint density at radius 1 is 1.33 bits per heavy atom. The average Bonchev–Trinajstić information content (AvgIpc) is 2.47. The number of hydrogen-bond acceptors (Lipinski definition) is 4. The lowest BCUT2D eigenvalue weighted by molar-refractivity contribution is -0.146. The molecule has 0 N–H and O–H groups in total. The van der Waals surface area contributed by atoms with Crippen molar-refractivity contribution in [3.63, 3.8) is 0 Å². The molecule has 0 saturated carbocycles. The van der Waals surface area contributed by atoms with E-state index in [-0.39, 0.29) is 18.2 Å². The maximum Gasteiger partial charge on any atom is 0.325 e. The van der Waals surface area contributed by atoms with Crippen molar-refractivity contribution in [1.29, 1.82) is 0 Å². The molecule has 1 rings (SSSR count). The largest absolute Gasteiger partial charge is 0.468 e. The third-order valence-electron chi connectivity index (χ3n) is 2.64. The van der Waals surface area contributed by atoms with Crippen molar-refractivity contribution in [1.82, 2.24) is 4.90 Å². The summed E-state index contributed by atoms with van der Waals surface area (Å²) in [6, 6.07) is 5.09. The second-order valence-electron chi connectivity index (χ2n) is 4.25. The highest BCUT2D eigenvalue weighted by atomic mass is 35.5. The fraction of sp³-hybridized carbons (Fsp3) is 0.429. The maximum absolute atomic E-state index is 12.2. The van der Waals surface area contributed by atoms with Gasteiger partial charge < -0.3 is 9.64 Å². The summed E-state index contributed by atoms with van der Waals surface area (Å²) in [5.74, 6) is -0.372. The molecule has 0 aromatic heterocycles.